The van der Waals surface area contributed by atoms with Gasteiger partial charge in [-0.25, -0.2) is 0 Å². The van der Waals surface area contributed by atoms with E-state index >= 15 is 0 Å². The van der Waals surface area contributed by atoms with E-state index in [-0.39, 0.29) is 0 Å². The van der Waals surface area contributed by atoms with Crippen molar-refractivity contribution in [3.63, 3.8) is 0 Å². The molecule has 0 spiro atoms. The zero-order valence-electron chi connectivity index (χ0n) is 11.7. The summed E-state index contributed by atoms with van der Waals surface area (Å²) >= 11 is 0. The summed E-state index contributed by atoms with van der Waals surface area (Å²) in [6.07, 6.45) is 0. The van der Waals surface area contributed by atoms with Gasteiger partial charge in [0.2, 0.25) is 0 Å². The highest BCUT2D eigenvalue weighted by Gasteiger charge is 2.06. The Morgan fingerprint density at radius 3 is 2.55 bits per heavy atom. The van der Waals surface area contributed by atoms with E-state index in [1.54, 1.807) is 0 Å². The summed E-state index contributed by atoms with van der Waals surface area (Å²) < 4.78 is 5.79. The molecule has 0 saturated carbocycles. The average Bonchev–Trinajstić information content (AvgIpc) is 2.90. The van der Waals surface area contributed by atoms with Gasteiger partial charge < -0.3 is 9.73 Å². The van der Waals surface area contributed by atoms with Crippen molar-refractivity contribution in [3.05, 3.63) is 72.0 Å². The molecule has 1 heterocycles. The lowest BCUT2D eigenvalue weighted by Crippen LogP contribution is -2.19. The molecular formula is C18H19NO. The minimum atomic E-state index is 0.501. The lowest BCUT2D eigenvalue weighted by molar-refractivity contribution is 0.503. The quantitative estimate of drug-likeness (QED) is 0.743. The molecule has 2 heteroatoms. The summed E-state index contributed by atoms with van der Waals surface area (Å²) in [6.45, 7) is 3.95. The molecule has 1 N–H and O–H groups in total. The maximum Gasteiger partial charge on any atom is 0.134 e. The summed E-state index contributed by atoms with van der Waals surface area (Å²) in [6, 6.07) is 20.8. The second kappa shape index (κ2) is 5.93. The van der Waals surface area contributed by atoms with Crippen LogP contribution < -0.4 is 5.32 Å². The molecule has 20 heavy (non-hydrogen) atoms. The first kappa shape index (κ1) is 12.9. The normalized spacial score (nSPS) is 12.7. The number of para-hydroxylation sites is 1. The minimum Gasteiger partial charge on any atom is -0.460 e. The lowest BCUT2D eigenvalue weighted by atomic mass is 10.0. The standard InChI is InChI=1S/C18H19NO/c1-14(15-7-3-2-4-8-15)12-19-13-17-11-16-9-5-6-10-18(16)20-17/h2-11,14,19H,12-13H2,1H3. The van der Waals surface area contributed by atoms with Gasteiger partial charge in [-0.05, 0) is 23.6 Å². The van der Waals surface area contributed by atoms with Crippen molar-refractivity contribution in [2.24, 2.45) is 0 Å². The molecule has 0 amide bonds. The van der Waals surface area contributed by atoms with Crippen molar-refractivity contribution in [1.82, 2.24) is 5.32 Å². The van der Waals surface area contributed by atoms with Crippen molar-refractivity contribution < 1.29 is 4.42 Å². The van der Waals surface area contributed by atoms with E-state index in [0.717, 1.165) is 24.4 Å². The van der Waals surface area contributed by atoms with Crippen LogP contribution in [-0.4, -0.2) is 6.54 Å². The van der Waals surface area contributed by atoms with Crippen LogP contribution in [0.4, 0.5) is 0 Å². The molecule has 0 aliphatic carbocycles. The van der Waals surface area contributed by atoms with Gasteiger partial charge in [-0.2, -0.15) is 0 Å². The molecule has 2 nitrogen and oxygen atoms in total. The Bertz CT molecular complexity index is 639. The Labute approximate surface area is 119 Å². The van der Waals surface area contributed by atoms with Crippen LogP contribution in [0.15, 0.2) is 65.1 Å². The third-order valence-corrected chi connectivity index (χ3v) is 3.59. The fourth-order valence-electron chi connectivity index (χ4n) is 2.44. The summed E-state index contributed by atoms with van der Waals surface area (Å²) in [5, 5.41) is 4.63. The topological polar surface area (TPSA) is 25.2 Å². The predicted octanol–water partition coefficient (Wildman–Crippen LogP) is 4.33. The smallest absolute Gasteiger partial charge is 0.134 e. The molecule has 3 aromatic rings. The predicted molar refractivity (Wildman–Crippen MR) is 82.8 cm³/mol. The van der Waals surface area contributed by atoms with Crippen LogP contribution >= 0.6 is 0 Å². The number of hydrogen-bond acceptors (Lipinski definition) is 2. The third kappa shape index (κ3) is 2.91. The number of furan rings is 1. The van der Waals surface area contributed by atoms with Gasteiger partial charge in [0.05, 0.1) is 6.54 Å². The third-order valence-electron chi connectivity index (χ3n) is 3.59. The molecule has 0 saturated heterocycles. The van der Waals surface area contributed by atoms with Crippen LogP contribution in [0.2, 0.25) is 0 Å². The first-order chi connectivity index (χ1) is 9.83. The number of nitrogens with one attached hydrogen (secondary N) is 1. The van der Waals surface area contributed by atoms with Crippen LogP contribution in [0, 0.1) is 0 Å². The van der Waals surface area contributed by atoms with Crippen LogP contribution in [0.5, 0.6) is 0 Å². The van der Waals surface area contributed by atoms with E-state index < -0.39 is 0 Å². The molecule has 0 aliphatic heterocycles. The molecule has 1 aromatic heterocycles. The van der Waals surface area contributed by atoms with Crippen molar-refractivity contribution >= 4 is 11.0 Å². The van der Waals surface area contributed by atoms with Crippen LogP contribution in [0.25, 0.3) is 11.0 Å². The van der Waals surface area contributed by atoms with E-state index in [2.05, 4.69) is 54.7 Å². The van der Waals surface area contributed by atoms with Crippen molar-refractivity contribution in [1.29, 1.82) is 0 Å². The van der Waals surface area contributed by atoms with Gasteiger partial charge in [0, 0.05) is 11.9 Å². The second-order valence-electron chi connectivity index (χ2n) is 5.19. The summed E-state index contributed by atoms with van der Waals surface area (Å²) in [4.78, 5) is 0. The van der Waals surface area contributed by atoms with E-state index in [0.29, 0.717) is 5.92 Å². The van der Waals surface area contributed by atoms with Crippen molar-refractivity contribution in [3.8, 4) is 0 Å². The van der Waals surface area contributed by atoms with E-state index in [1.807, 2.05) is 18.2 Å². The van der Waals surface area contributed by atoms with E-state index in [1.165, 1.54) is 10.9 Å². The number of benzene rings is 2. The van der Waals surface area contributed by atoms with Crippen molar-refractivity contribution in [2.45, 2.75) is 19.4 Å². The van der Waals surface area contributed by atoms with Gasteiger partial charge in [-0.15, -0.1) is 0 Å². The highest BCUT2D eigenvalue weighted by molar-refractivity contribution is 5.77. The SMILES string of the molecule is CC(CNCc1cc2ccccc2o1)c1ccccc1. The summed E-state index contributed by atoms with van der Waals surface area (Å²) in [7, 11) is 0. The van der Waals surface area contributed by atoms with E-state index in [4.69, 9.17) is 4.42 Å². The van der Waals surface area contributed by atoms with Gasteiger partial charge in [0.1, 0.15) is 11.3 Å². The average molecular weight is 265 g/mol. The Hall–Kier alpha value is -2.06. The lowest BCUT2D eigenvalue weighted by Gasteiger charge is -2.12. The van der Waals surface area contributed by atoms with Crippen LogP contribution in [0.1, 0.15) is 24.2 Å². The van der Waals surface area contributed by atoms with Gasteiger partial charge in [0.25, 0.3) is 0 Å². The summed E-state index contributed by atoms with van der Waals surface area (Å²) in [5.41, 5.74) is 2.32. The van der Waals surface area contributed by atoms with Gasteiger partial charge >= 0.3 is 0 Å². The number of hydrogen-bond donors (Lipinski definition) is 1. The maximum absolute atomic E-state index is 5.79. The molecule has 0 aliphatic rings. The number of fused-ring (bicyclic) bond motifs is 1. The monoisotopic (exact) mass is 265 g/mol. The molecule has 2 aromatic carbocycles. The molecule has 0 radical (unpaired) electrons. The minimum absolute atomic E-state index is 0.501. The molecule has 3 rings (SSSR count). The fraction of sp³-hybridized carbons (Fsp3) is 0.222. The fourth-order valence-corrected chi connectivity index (χ4v) is 2.44. The van der Waals surface area contributed by atoms with Gasteiger partial charge in [-0.1, -0.05) is 55.5 Å². The Kier molecular flexibility index (Phi) is 3.84. The van der Waals surface area contributed by atoms with Crippen LogP contribution in [-0.2, 0) is 6.54 Å². The van der Waals surface area contributed by atoms with E-state index in [9.17, 15) is 0 Å². The highest BCUT2D eigenvalue weighted by Crippen LogP contribution is 2.19. The van der Waals surface area contributed by atoms with Crippen LogP contribution in [0.3, 0.4) is 0 Å². The van der Waals surface area contributed by atoms with Crippen molar-refractivity contribution in [2.75, 3.05) is 6.54 Å². The molecule has 1 unspecified atom stereocenters. The largest absolute Gasteiger partial charge is 0.460 e. The zero-order valence-corrected chi connectivity index (χ0v) is 11.7. The second-order valence-corrected chi connectivity index (χ2v) is 5.19. The van der Waals surface area contributed by atoms with Gasteiger partial charge in [-0.3, -0.25) is 0 Å². The molecule has 1 atom stereocenters. The van der Waals surface area contributed by atoms with Gasteiger partial charge in [0.15, 0.2) is 0 Å². The maximum atomic E-state index is 5.79. The Morgan fingerprint density at radius 1 is 1.00 bits per heavy atom. The Morgan fingerprint density at radius 2 is 1.75 bits per heavy atom. The number of rotatable bonds is 5. The first-order valence-corrected chi connectivity index (χ1v) is 7.06. The Balaban J connectivity index is 1.57. The zero-order chi connectivity index (χ0) is 13.8. The summed E-state index contributed by atoms with van der Waals surface area (Å²) in [5.74, 6) is 1.49. The molecule has 0 bridgehead atoms. The molecular weight excluding hydrogens is 246 g/mol. The molecule has 0 fully saturated rings. The molecule has 102 valence electrons. The highest BCUT2D eigenvalue weighted by atomic mass is 16.3. The first-order valence-electron chi connectivity index (χ1n) is 7.06.